The van der Waals surface area contributed by atoms with E-state index in [0.29, 0.717) is 19.0 Å². The van der Waals surface area contributed by atoms with Gasteiger partial charge >= 0.3 is 0 Å². The van der Waals surface area contributed by atoms with Crippen LogP contribution < -0.4 is 10.6 Å². The first-order valence-corrected chi connectivity index (χ1v) is 11.6. The van der Waals surface area contributed by atoms with Crippen molar-refractivity contribution >= 4 is 41.3 Å². The van der Waals surface area contributed by atoms with Gasteiger partial charge < -0.3 is 19.8 Å². The van der Waals surface area contributed by atoms with Crippen LogP contribution >= 0.6 is 35.3 Å². The molecule has 1 aliphatic rings. The van der Waals surface area contributed by atoms with Gasteiger partial charge in [-0.1, -0.05) is 30.3 Å². The van der Waals surface area contributed by atoms with E-state index in [0.717, 1.165) is 55.9 Å². The summed E-state index contributed by atoms with van der Waals surface area (Å²) in [6, 6.07) is 12.5. The predicted octanol–water partition coefficient (Wildman–Crippen LogP) is 4.11. The maximum atomic E-state index is 5.60. The molecule has 4 rings (SSSR count). The molecule has 2 aromatic heterocycles. The molecule has 0 saturated carbocycles. The Balaban J connectivity index is 0.00000289. The molecule has 3 aromatic rings. The van der Waals surface area contributed by atoms with Crippen LogP contribution in [0, 0.1) is 0 Å². The number of benzene rings is 1. The third-order valence-electron chi connectivity index (χ3n) is 5.09. The number of ether oxygens (including phenoxy) is 1. The number of oxazole rings is 1. The fourth-order valence-electron chi connectivity index (χ4n) is 3.45. The Hall–Kier alpha value is -1.95. The topological polar surface area (TPSA) is 74.9 Å². The molecule has 1 fully saturated rings. The Morgan fingerprint density at radius 2 is 1.94 bits per heavy atom. The second-order valence-electron chi connectivity index (χ2n) is 7.33. The third kappa shape index (κ3) is 7.03. The highest BCUT2D eigenvalue weighted by molar-refractivity contribution is 14.0. The molecule has 3 heterocycles. The molecule has 0 atom stereocenters. The Morgan fingerprint density at radius 3 is 2.69 bits per heavy atom. The van der Waals surface area contributed by atoms with Gasteiger partial charge in [0, 0.05) is 26.2 Å². The first kappa shape index (κ1) is 24.7. The van der Waals surface area contributed by atoms with E-state index in [1.54, 1.807) is 17.6 Å². The van der Waals surface area contributed by atoms with Crippen LogP contribution in [0.2, 0.25) is 0 Å². The van der Waals surface area contributed by atoms with Gasteiger partial charge in [0.05, 0.1) is 36.9 Å². The van der Waals surface area contributed by atoms with E-state index in [9.17, 15) is 0 Å². The van der Waals surface area contributed by atoms with Crippen molar-refractivity contribution in [2.24, 2.45) is 4.99 Å². The number of halogens is 1. The van der Waals surface area contributed by atoms with Crippen molar-refractivity contribution in [3.05, 3.63) is 64.9 Å². The number of thiophene rings is 1. The lowest BCUT2D eigenvalue weighted by molar-refractivity contribution is 0.0341. The Labute approximate surface area is 210 Å². The van der Waals surface area contributed by atoms with E-state index in [1.807, 2.05) is 17.5 Å². The van der Waals surface area contributed by atoms with E-state index in [2.05, 4.69) is 51.7 Å². The summed E-state index contributed by atoms with van der Waals surface area (Å²) >= 11 is 1.62. The number of aromatic nitrogens is 1. The van der Waals surface area contributed by atoms with Crippen molar-refractivity contribution < 1.29 is 9.15 Å². The van der Waals surface area contributed by atoms with Crippen LogP contribution in [0.25, 0.3) is 10.8 Å². The van der Waals surface area contributed by atoms with Crippen LogP contribution in [0.3, 0.4) is 0 Å². The summed E-state index contributed by atoms with van der Waals surface area (Å²) in [4.78, 5) is 12.8. The SMILES string of the molecule is CCNC(=NCc1ccccc1CN1CCOCC1)NCc1coc(-c2cccs2)n1.I. The normalized spacial score (nSPS) is 14.7. The van der Waals surface area contributed by atoms with Gasteiger partial charge in [-0.05, 0) is 29.5 Å². The van der Waals surface area contributed by atoms with Gasteiger partial charge in [-0.25, -0.2) is 9.98 Å². The summed E-state index contributed by atoms with van der Waals surface area (Å²) in [5, 5.41) is 8.69. The van der Waals surface area contributed by atoms with Crippen molar-refractivity contribution in [3.63, 3.8) is 0 Å². The minimum atomic E-state index is 0. The number of morpholine rings is 1. The van der Waals surface area contributed by atoms with Crippen LogP contribution in [-0.2, 0) is 24.4 Å². The average molecular weight is 567 g/mol. The van der Waals surface area contributed by atoms with E-state index >= 15 is 0 Å². The lowest BCUT2D eigenvalue weighted by Crippen LogP contribution is -2.37. The van der Waals surface area contributed by atoms with Crippen LogP contribution in [0.1, 0.15) is 23.7 Å². The quantitative estimate of drug-likeness (QED) is 0.243. The molecule has 0 unspecified atom stereocenters. The molecule has 1 aromatic carbocycles. The minimum absolute atomic E-state index is 0. The molecule has 1 saturated heterocycles. The van der Waals surface area contributed by atoms with Crippen LogP contribution in [0.4, 0.5) is 0 Å². The molecule has 2 N–H and O–H groups in total. The molecule has 0 aliphatic carbocycles. The average Bonchev–Trinajstić information content (AvgIpc) is 3.49. The summed E-state index contributed by atoms with van der Waals surface area (Å²) in [5.41, 5.74) is 3.41. The fraction of sp³-hybridized carbons (Fsp3) is 0.391. The van der Waals surface area contributed by atoms with Crippen LogP contribution in [-0.4, -0.2) is 48.7 Å². The van der Waals surface area contributed by atoms with Gasteiger partial charge in [-0.2, -0.15) is 0 Å². The third-order valence-corrected chi connectivity index (χ3v) is 5.95. The van der Waals surface area contributed by atoms with E-state index in [-0.39, 0.29) is 24.0 Å². The van der Waals surface area contributed by atoms with Crippen molar-refractivity contribution in [2.75, 3.05) is 32.8 Å². The number of rotatable bonds is 8. The summed E-state index contributed by atoms with van der Waals surface area (Å²) < 4.78 is 11.1. The van der Waals surface area contributed by atoms with Crippen molar-refractivity contribution in [3.8, 4) is 10.8 Å². The highest BCUT2D eigenvalue weighted by Gasteiger charge is 2.13. The summed E-state index contributed by atoms with van der Waals surface area (Å²) in [5.74, 6) is 1.43. The molecule has 0 spiro atoms. The Kier molecular flexibility index (Phi) is 9.97. The first-order chi connectivity index (χ1) is 15.3. The minimum Gasteiger partial charge on any atom is -0.443 e. The van der Waals surface area contributed by atoms with E-state index in [4.69, 9.17) is 14.1 Å². The van der Waals surface area contributed by atoms with Gasteiger partial charge in [0.1, 0.15) is 6.26 Å². The standard InChI is InChI=1S/C23H29N5O2S.HI/c1-2-24-23(26-15-20-17-30-22(27-20)21-8-5-13-31-21)25-14-18-6-3-4-7-19(18)16-28-9-11-29-12-10-28;/h3-8,13,17H,2,9-12,14-16H2,1H3,(H2,24,25,26);1H. The van der Waals surface area contributed by atoms with Crippen LogP contribution in [0.15, 0.2) is 57.5 Å². The van der Waals surface area contributed by atoms with Gasteiger partial charge in [-0.3, -0.25) is 4.90 Å². The highest BCUT2D eigenvalue weighted by Crippen LogP contribution is 2.23. The predicted molar refractivity (Wildman–Crippen MR) is 139 cm³/mol. The zero-order valence-electron chi connectivity index (χ0n) is 18.3. The summed E-state index contributed by atoms with van der Waals surface area (Å²) in [6.07, 6.45) is 1.70. The van der Waals surface area contributed by atoms with Crippen LogP contribution in [0.5, 0.6) is 0 Å². The molecule has 9 heteroatoms. The number of nitrogens with one attached hydrogen (secondary N) is 2. The number of nitrogens with zero attached hydrogens (tertiary/aromatic N) is 3. The second kappa shape index (κ2) is 12.9. The lowest BCUT2D eigenvalue weighted by atomic mass is 10.1. The fourth-order valence-corrected chi connectivity index (χ4v) is 4.10. The van der Waals surface area contributed by atoms with Gasteiger partial charge in [0.25, 0.3) is 0 Å². The Morgan fingerprint density at radius 1 is 1.12 bits per heavy atom. The zero-order valence-corrected chi connectivity index (χ0v) is 21.4. The highest BCUT2D eigenvalue weighted by atomic mass is 127. The molecular weight excluding hydrogens is 537 g/mol. The molecule has 32 heavy (non-hydrogen) atoms. The summed E-state index contributed by atoms with van der Waals surface area (Å²) in [6.45, 7) is 8.54. The smallest absolute Gasteiger partial charge is 0.236 e. The number of hydrogen-bond acceptors (Lipinski definition) is 6. The van der Waals surface area contributed by atoms with Crippen molar-refractivity contribution in [2.45, 2.75) is 26.6 Å². The van der Waals surface area contributed by atoms with Crippen molar-refractivity contribution in [1.82, 2.24) is 20.5 Å². The number of guanidine groups is 1. The Bertz CT molecular complexity index is 970. The number of hydrogen-bond donors (Lipinski definition) is 2. The van der Waals surface area contributed by atoms with Gasteiger partial charge in [0.15, 0.2) is 5.96 Å². The molecule has 0 amide bonds. The zero-order chi connectivity index (χ0) is 21.3. The summed E-state index contributed by atoms with van der Waals surface area (Å²) in [7, 11) is 0. The van der Waals surface area contributed by atoms with Crippen molar-refractivity contribution in [1.29, 1.82) is 0 Å². The molecule has 0 radical (unpaired) electrons. The maximum Gasteiger partial charge on any atom is 0.236 e. The monoisotopic (exact) mass is 567 g/mol. The van der Waals surface area contributed by atoms with E-state index < -0.39 is 0 Å². The number of aliphatic imine (C=N–C) groups is 1. The first-order valence-electron chi connectivity index (χ1n) is 10.7. The molecule has 0 bridgehead atoms. The second-order valence-corrected chi connectivity index (χ2v) is 8.27. The van der Waals surface area contributed by atoms with Gasteiger partial charge in [0.2, 0.25) is 5.89 Å². The molecular formula is C23H30IN5O2S. The largest absolute Gasteiger partial charge is 0.443 e. The molecule has 172 valence electrons. The maximum absolute atomic E-state index is 5.60. The van der Waals surface area contributed by atoms with E-state index in [1.165, 1.54) is 11.1 Å². The molecule has 7 nitrogen and oxygen atoms in total. The molecule has 1 aliphatic heterocycles. The lowest BCUT2D eigenvalue weighted by Gasteiger charge is -2.27. The van der Waals surface area contributed by atoms with Gasteiger partial charge in [-0.15, -0.1) is 35.3 Å².